The van der Waals surface area contributed by atoms with Crippen molar-refractivity contribution in [3.63, 3.8) is 0 Å². The molecule has 0 amide bonds. The van der Waals surface area contributed by atoms with E-state index in [0.717, 1.165) is 36.9 Å². The van der Waals surface area contributed by atoms with Gasteiger partial charge >= 0.3 is 148 Å². The number of benzene rings is 2. The molecule has 1 N–H and O–H groups in total. The number of aromatic nitrogens is 1. The standard InChI is InChI=1S/C22H26GeN.C13H24O2.Ir/c1-15(2)20-12-18(11-17-9-7-8-10-19(17)20)22-13-21(23(4,5)6)16(3)14-24-22;1-5-10(6-2)12(14)9-13(15)11(7-3)8-4;/h7-10,12-15H,1-6H3;9-11,14H,5-8H2,1-4H3;/q-1;;/b;12-9-;. The summed E-state index contributed by atoms with van der Waals surface area (Å²) >= 11 is -1.91. The predicted molar refractivity (Wildman–Crippen MR) is 172 cm³/mol. The second-order valence-corrected chi connectivity index (χ2v) is 22.5. The molecule has 40 heavy (non-hydrogen) atoms. The van der Waals surface area contributed by atoms with Gasteiger partial charge in [0, 0.05) is 38.0 Å². The number of aliphatic hydroxyl groups is 1. The minimum Gasteiger partial charge on any atom is 0 e. The number of carbonyl (C=O) groups excluding carboxylic acids is 1. The number of pyridine rings is 1. The Bertz CT molecular complexity index is 1270. The Balaban J connectivity index is 0.000000437. The fourth-order valence-electron chi connectivity index (χ4n) is 5.13. The third-order valence-corrected chi connectivity index (χ3v) is 12.2. The zero-order valence-corrected chi connectivity index (χ0v) is 30.8. The molecule has 0 bridgehead atoms. The number of hydrogen-bond acceptors (Lipinski definition) is 3. The van der Waals surface area contributed by atoms with Crippen molar-refractivity contribution in [2.75, 3.05) is 0 Å². The van der Waals surface area contributed by atoms with Crippen molar-refractivity contribution in [2.24, 2.45) is 11.8 Å². The Morgan fingerprint density at radius 3 is 2.08 bits per heavy atom. The van der Waals surface area contributed by atoms with Crippen LogP contribution in [0.15, 0.2) is 54.4 Å². The molecule has 3 aromatic rings. The second kappa shape index (κ2) is 16.6. The molecule has 0 aliphatic heterocycles. The molecule has 0 spiro atoms. The third-order valence-electron chi connectivity index (χ3n) is 7.70. The zero-order valence-electron chi connectivity index (χ0n) is 26.3. The van der Waals surface area contributed by atoms with Gasteiger partial charge in [-0.3, -0.25) is 4.79 Å². The van der Waals surface area contributed by atoms with Crippen molar-refractivity contribution in [3.05, 3.63) is 71.6 Å². The van der Waals surface area contributed by atoms with Crippen molar-refractivity contribution >= 4 is 34.2 Å². The number of rotatable bonds is 10. The monoisotopic (exact) mass is 783 g/mol. The van der Waals surface area contributed by atoms with Gasteiger partial charge in [-0.1, -0.05) is 27.7 Å². The van der Waals surface area contributed by atoms with Crippen LogP contribution in [0.5, 0.6) is 0 Å². The molecule has 3 nitrogen and oxygen atoms in total. The molecule has 0 unspecified atom stereocenters. The molecular weight excluding hydrogens is 731 g/mol. The Kier molecular flexibility index (Phi) is 15.1. The second-order valence-electron chi connectivity index (χ2n) is 12.0. The maximum absolute atomic E-state index is 11.7. The van der Waals surface area contributed by atoms with Crippen molar-refractivity contribution in [2.45, 2.75) is 97.3 Å². The number of fused-ring (bicyclic) bond motifs is 1. The van der Waals surface area contributed by atoms with E-state index >= 15 is 0 Å². The topological polar surface area (TPSA) is 50.2 Å². The maximum Gasteiger partial charge on any atom is 0 e. The van der Waals surface area contributed by atoms with Gasteiger partial charge in [0.05, 0.1) is 5.76 Å². The quantitative estimate of drug-likeness (QED) is 0.0966. The van der Waals surface area contributed by atoms with Crippen LogP contribution in [0.1, 0.15) is 84.3 Å². The van der Waals surface area contributed by atoms with E-state index in [1.807, 2.05) is 33.9 Å². The van der Waals surface area contributed by atoms with Gasteiger partial charge < -0.3 is 5.11 Å². The summed E-state index contributed by atoms with van der Waals surface area (Å²) in [5.74, 6) is 8.35. The molecule has 1 heterocycles. The summed E-state index contributed by atoms with van der Waals surface area (Å²) in [5.41, 5.74) is 4.88. The van der Waals surface area contributed by atoms with E-state index in [9.17, 15) is 9.90 Å². The average molecular weight is 782 g/mol. The summed E-state index contributed by atoms with van der Waals surface area (Å²) in [6.45, 7) is 14.8. The van der Waals surface area contributed by atoms with Crippen molar-refractivity contribution < 1.29 is 30.0 Å². The van der Waals surface area contributed by atoms with Crippen LogP contribution >= 0.6 is 0 Å². The Morgan fingerprint density at radius 2 is 1.55 bits per heavy atom. The number of aryl methyl sites for hydroxylation is 1. The van der Waals surface area contributed by atoms with Gasteiger partial charge in [-0.2, -0.15) is 0 Å². The summed E-state index contributed by atoms with van der Waals surface area (Å²) in [7, 11) is 0. The van der Waals surface area contributed by atoms with Crippen LogP contribution in [-0.2, 0) is 24.9 Å². The molecule has 0 saturated heterocycles. The van der Waals surface area contributed by atoms with Crippen LogP contribution in [0.3, 0.4) is 0 Å². The van der Waals surface area contributed by atoms with Crippen LogP contribution in [0.25, 0.3) is 22.0 Å². The van der Waals surface area contributed by atoms with Crippen LogP contribution in [0.4, 0.5) is 0 Å². The van der Waals surface area contributed by atoms with Gasteiger partial charge in [0.15, 0.2) is 5.78 Å². The Hall–Kier alpha value is -1.75. The van der Waals surface area contributed by atoms with Crippen molar-refractivity contribution in [1.82, 2.24) is 4.98 Å². The molecule has 1 radical (unpaired) electrons. The summed E-state index contributed by atoms with van der Waals surface area (Å²) in [5, 5.41) is 12.2. The first-order valence-electron chi connectivity index (χ1n) is 14.7. The van der Waals surface area contributed by atoms with Crippen LogP contribution in [0.2, 0.25) is 17.3 Å². The molecule has 0 aliphatic rings. The van der Waals surface area contributed by atoms with Crippen LogP contribution in [-0.4, -0.2) is 29.1 Å². The first kappa shape index (κ1) is 36.3. The minimum atomic E-state index is -1.91. The number of carbonyl (C=O) groups is 1. The molecular formula is C35H50GeIrNO2-. The Labute approximate surface area is 260 Å². The minimum absolute atomic E-state index is 0. The number of nitrogens with zero attached hydrogens (tertiary/aromatic N) is 1. The van der Waals surface area contributed by atoms with Crippen molar-refractivity contribution in [3.8, 4) is 11.3 Å². The van der Waals surface area contributed by atoms with Gasteiger partial charge in [-0.05, 0) is 25.7 Å². The van der Waals surface area contributed by atoms with E-state index in [-0.39, 0.29) is 43.5 Å². The van der Waals surface area contributed by atoms with E-state index in [4.69, 9.17) is 4.98 Å². The average Bonchev–Trinajstić information content (AvgIpc) is 2.89. The first-order valence-corrected chi connectivity index (χ1v) is 22.1. The van der Waals surface area contributed by atoms with E-state index in [0.29, 0.717) is 5.92 Å². The zero-order chi connectivity index (χ0) is 29.3. The molecule has 0 fully saturated rings. The van der Waals surface area contributed by atoms with Gasteiger partial charge in [-0.25, -0.2) is 0 Å². The summed E-state index contributed by atoms with van der Waals surface area (Å²) in [6.07, 6.45) is 6.95. The molecule has 5 heteroatoms. The largest absolute Gasteiger partial charge is 0 e. The van der Waals surface area contributed by atoms with E-state index in [2.05, 4.69) is 80.5 Å². The van der Waals surface area contributed by atoms with Crippen LogP contribution in [0, 0.1) is 24.8 Å². The van der Waals surface area contributed by atoms with Gasteiger partial charge in [-0.15, -0.1) is 0 Å². The molecule has 0 atom stereocenters. The molecule has 221 valence electrons. The van der Waals surface area contributed by atoms with E-state index in [1.54, 1.807) is 0 Å². The molecule has 2 aromatic carbocycles. The van der Waals surface area contributed by atoms with Gasteiger partial charge in [0.2, 0.25) is 0 Å². The molecule has 3 rings (SSSR count). The number of aliphatic hydroxyl groups excluding tert-OH is 1. The molecule has 1 aromatic heterocycles. The maximum atomic E-state index is 11.7. The normalized spacial score (nSPS) is 12.0. The smallest absolute Gasteiger partial charge is 0 e. The summed E-state index contributed by atoms with van der Waals surface area (Å²) in [4.78, 5) is 16.4. The van der Waals surface area contributed by atoms with Gasteiger partial charge in [0.1, 0.15) is 0 Å². The van der Waals surface area contributed by atoms with Crippen LogP contribution < -0.4 is 4.40 Å². The van der Waals surface area contributed by atoms with Gasteiger partial charge in [0.25, 0.3) is 0 Å². The number of allylic oxidation sites excluding steroid dienone is 2. The third kappa shape index (κ3) is 9.67. The fourth-order valence-corrected chi connectivity index (χ4v) is 8.95. The molecule has 0 aliphatic carbocycles. The van der Waals surface area contributed by atoms with E-state index < -0.39 is 13.3 Å². The molecule has 0 saturated carbocycles. The van der Waals surface area contributed by atoms with Crippen molar-refractivity contribution in [1.29, 1.82) is 0 Å². The number of ketones is 1. The summed E-state index contributed by atoms with van der Waals surface area (Å²) < 4.78 is 1.53. The number of hydrogen-bond donors (Lipinski definition) is 1. The first-order chi connectivity index (χ1) is 18.4. The predicted octanol–water partition coefficient (Wildman–Crippen LogP) is 9.55. The SMILES string of the molecule is CCC(CC)C(=O)/C=C(\O)C(CC)CC.Cc1cnc(-c2[c-]c3ccccc3c(C(C)C)c2)c[c]1[Ge]([CH3])([CH3])[CH3].[Ir]. The fraction of sp³-hybridized carbons (Fsp3) is 0.486. The van der Waals surface area contributed by atoms with E-state index in [1.165, 1.54) is 32.4 Å². The Morgan fingerprint density at radius 1 is 0.975 bits per heavy atom. The summed E-state index contributed by atoms with van der Waals surface area (Å²) in [6, 6.07) is 16.7.